The first-order valence-electron chi connectivity index (χ1n) is 7.31. The van der Waals surface area contributed by atoms with Crippen molar-refractivity contribution in [2.75, 3.05) is 13.1 Å². The summed E-state index contributed by atoms with van der Waals surface area (Å²) in [5, 5.41) is 2.77. The Balaban J connectivity index is 1.96. The largest absolute Gasteiger partial charge is 0.340 e. The molecule has 1 fully saturated rings. The summed E-state index contributed by atoms with van der Waals surface area (Å²) in [6, 6.07) is 3.12. The third-order valence-electron chi connectivity index (χ3n) is 4.14. The lowest BCUT2D eigenvalue weighted by atomic mass is 9.79. The molecule has 2 rings (SSSR count). The second-order valence-corrected chi connectivity index (χ2v) is 8.91. The molecule has 22 heavy (non-hydrogen) atoms. The topological polar surface area (TPSA) is 75.4 Å². The number of likely N-dealkylation sites (tertiary alicyclic amines) is 1. The Kier molecular flexibility index (Phi) is 5.29. The normalized spacial score (nSPS) is 22.2. The zero-order chi connectivity index (χ0) is 16.5. The molecule has 5 nitrogen and oxygen atoms in total. The zero-order valence-electron chi connectivity index (χ0n) is 13.1. The molecule has 0 aliphatic carbocycles. The lowest BCUT2D eigenvalue weighted by Gasteiger charge is -2.43. The predicted octanol–water partition coefficient (Wildman–Crippen LogP) is 2.21. The van der Waals surface area contributed by atoms with Gasteiger partial charge in [-0.2, -0.15) is 0 Å². The summed E-state index contributed by atoms with van der Waals surface area (Å²) in [5.41, 5.74) is 6.00. The van der Waals surface area contributed by atoms with Gasteiger partial charge in [0, 0.05) is 19.1 Å². The lowest BCUT2D eigenvalue weighted by molar-refractivity contribution is -0.136. The van der Waals surface area contributed by atoms with Gasteiger partial charge in [-0.25, -0.2) is 0 Å². The summed E-state index contributed by atoms with van der Waals surface area (Å²) in [5.74, 6) is -0.270. The van der Waals surface area contributed by atoms with Crippen molar-refractivity contribution in [2.24, 2.45) is 11.1 Å². The van der Waals surface area contributed by atoms with Crippen molar-refractivity contribution in [3.63, 3.8) is 0 Å². The summed E-state index contributed by atoms with van der Waals surface area (Å²) in [4.78, 5) is 27.0. The van der Waals surface area contributed by atoms with Crippen LogP contribution in [0.2, 0.25) is 0 Å². The summed E-state index contributed by atoms with van der Waals surface area (Å²) in [6.45, 7) is 7.14. The van der Waals surface area contributed by atoms with Crippen LogP contribution in [0.1, 0.15) is 36.9 Å². The number of amides is 2. The van der Waals surface area contributed by atoms with Crippen LogP contribution in [0.25, 0.3) is 0 Å². The second kappa shape index (κ2) is 6.68. The number of hydrogen-bond donors (Lipinski definition) is 2. The maximum Gasteiger partial charge on any atom is 0.262 e. The van der Waals surface area contributed by atoms with E-state index in [4.69, 9.17) is 5.73 Å². The molecule has 2 heterocycles. The van der Waals surface area contributed by atoms with E-state index < -0.39 is 6.04 Å². The highest BCUT2D eigenvalue weighted by Gasteiger charge is 2.36. The SMILES string of the molecule is CC(NC(=O)c1ccc(Br)s1)C(=O)N1CCC(N)C(C)(C)C1. The number of thiophene rings is 1. The molecular weight excluding hydrogens is 366 g/mol. The Morgan fingerprint density at radius 1 is 1.50 bits per heavy atom. The molecule has 3 N–H and O–H groups in total. The predicted molar refractivity (Wildman–Crippen MR) is 91.9 cm³/mol. The minimum absolute atomic E-state index is 0.0519. The van der Waals surface area contributed by atoms with Crippen LogP contribution < -0.4 is 11.1 Å². The maximum atomic E-state index is 12.5. The highest BCUT2D eigenvalue weighted by atomic mass is 79.9. The molecule has 2 amide bonds. The average molecular weight is 388 g/mol. The van der Waals surface area contributed by atoms with Crippen LogP contribution in [0.15, 0.2) is 15.9 Å². The standard InChI is InChI=1S/C15H22BrN3O2S/c1-9(18-13(20)10-4-5-12(16)22-10)14(21)19-7-6-11(17)15(2,3)8-19/h4-5,9,11H,6-8,17H2,1-3H3,(H,18,20). The van der Waals surface area contributed by atoms with Crippen LogP contribution in [-0.2, 0) is 4.79 Å². The monoisotopic (exact) mass is 387 g/mol. The Morgan fingerprint density at radius 3 is 2.73 bits per heavy atom. The molecule has 1 aliphatic heterocycles. The molecule has 1 aromatic rings. The summed E-state index contributed by atoms with van der Waals surface area (Å²) >= 11 is 4.68. The van der Waals surface area contributed by atoms with Crippen molar-refractivity contribution in [2.45, 2.75) is 39.3 Å². The van der Waals surface area contributed by atoms with E-state index in [2.05, 4.69) is 35.1 Å². The van der Waals surface area contributed by atoms with E-state index in [0.717, 1.165) is 10.2 Å². The molecule has 0 spiro atoms. The number of hydrogen-bond acceptors (Lipinski definition) is 4. The fourth-order valence-corrected chi connectivity index (χ4v) is 3.89. The van der Waals surface area contributed by atoms with Gasteiger partial charge < -0.3 is 16.0 Å². The Labute approximate surface area is 143 Å². The Morgan fingerprint density at radius 2 is 2.18 bits per heavy atom. The molecule has 1 aliphatic rings. The fraction of sp³-hybridized carbons (Fsp3) is 0.600. The smallest absolute Gasteiger partial charge is 0.262 e. The maximum absolute atomic E-state index is 12.5. The van der Waals surface area contributed by atoms with E-state index >= 15 is 0 Å². The summed E-state index contributed by atoms with van der Waals surface area (Å²) < 4.78 is 0.892. The molecule has 2 atom stereocenters. The average Bonchev–Trinajstić information content (AvgIpc) is 2.87. The van der Waals surface area contributed by atoms with Gasteiger partial charge in [0.15, 0.2) is 0 Å². The molecule has 0 radical (unpaired) electrons. The van der Waals surface area contributed by atoms with Crippen LogP contribution >= 0.6 is 27.3 Å². The second-order valence-electron chi connectivity index (χ2n) is 6.44. The van der Waals surface area contributed by atoms with Crippen molar-refractivity contribution >= 4 is 39.1 Å². The first-order valence-corrected chi connectivity index (χ1v) is 8.92. The van der Waals surface area contributed by atoms with E-state index in [1.165, 1.54) is 11.3 Å². The number of nitrogens with two attached hydrogens (primary N) is 1. The van der Waals surface area contributed by atoms with Gasteiger partial charge in [0.1, 0.15) is 6.04 Å². The van der Waals surface area contributed by atoms with Crippen molar-refractivity contribution in [1.29, 1.82) is 0 Å². The van der Waals surface area contributed by atoms with Crippen LogP contribution in [0.5, 0.6) is 0 Å². The number of carbonyl (C=O) groups is 2. The van der Waals surface area contributed by atoms with Gasteiger partial charge in [-0.3, -0.25) is 9.59 Å². The molecule has 2 unspecified atom stereocenters. The van der Waals surface area contributed by atoms with Gasteiger partial charge in [0.2, 0.25) is 5.91 Å². The van der Waals surface area contributed by atoms with Gasteiger partial charge in [-0.05, 0) is 46.8 Å². The number of piperidine rings is 1. The molecule has 0 aromatic carbocycles. The van der Waals surface area contributed by atoms with Gasteiger partial charge in [-0.15, -0.1) is 11.3 Å². The molecule has 1 aromatic heterocycles. The van der Waals surface area contributed by atoms with Crippen LogP contribution in [0.3, 0.4) is 0 Å². The van der Waals surface area contributed by atoms with E-state index in [1.54, 1.807) is 17.9 Å². The van der Waals surface area contributed by atoms with Crippen molar-refractivity contribution in [3.8, 4) is 0 Å². The van der Waals surface area contributed by atoms with E-state index in [0.29, 0.717) is 18.0 Å². The Hall–Kier alpha value is -0.920. The quantitative estimate of drug-likeness (QED) is 0.834. The van der Waals surface area contributed by atoms with Crippen LogP contribution in [0.4, 0.5) is 0 Å². The van der Waals surface area contributed by atoms with Crippen LogP contribution in [0, 0.1) is 5.41 Å². The minimum atomic E-state index is -0.543. The third-order valence-corrected chi connectivity index (χ3v) is 5.76. The van der Waals surface area contributed by atoms with Crippen molar-refractivity contribution in [3.05, 3.63) is 20.8 Å². The fourth-order valence-electron chi connectivity index (χ4n) is 2.60. The van der Waals surface area contributed by atoms with Gasteiger partial charge in [0.05, 0.1) is 8.66 Å². The summed E-state index contributed by atoms with van der Waals surface area (Å²) in [7, 11) is 0. The van der Waals surface area contributed by atoms with Crippen LogP contribution in [-0.4, -0.2) is 41.9 Å². The third kappa shape index (κ3) is 3.88. The molecule has 122 valence electrons. The molecular formula is C15H22BrN3O2S. The summed E-state index contributed by atoms with van der Waals surface area (Å²) in [6.07, 6.45) is 0.789. The van der Waals surface area contributed by atoms with E-state index in [1.807, 2.05) is 6.07 Å². The molecule has 7 heteroatoms. The highest BCUT2D eigenvalue weighted by Crippen LogP contribution is 2.28. The first-order chi connectivity index (χ1) is 10.2. The Bertz CT molecular complexity index is 573. The number of carbonyl (C=O) groups excluding carboxylic acids is 2. The molecule has 1 saturated heterocycles. The molecule has 0 bridgehead atoms. The number of halogens is 1. The zero-order valence-corrected chi connectivity index (χ0v) is 15.5. The number of rotatable bonds is 3. The van der Waals surface area contributed by atoms with E-state index in [-0.39, 0.29) is 23.3 Å². The number of nitrogens with one attached hydrogen (secondary N) is 1. The number of nitrogens with zero attached hydrogens (tertiary/aromatic N) is 1. The minimum Gasteiger partial charge on any atom is -0.340 e. The highest BCUT2D eigenvalue weighted by molar-refractivity contribution is 9.11. The van der Waals surface area contributed by atoms with Gasteiger partial charge in [-0.1, -0.05) is 13.8 Å². The van der Waals surface area contributed by atoms with Crippen molar-refractivity contribution in [1.82, 2.24) is 10.2 Å². The molecule has 0 saturated carbocycles. The van der Waals surface area contributed by atoms with E-state index in [9.17, 15) is 9.59 Å². The first kappa shape index (κ1) is 17.4. The van der Waals surface area contributed by atoms with Gasteiger partial charge in [0.25, 0.3) is 5.91 Å². The van der Waals surface area contributed by atoms with Crippen molar-refractivity contribution < 1.29 is 9.59 Å². The lowest BCUT2D eigenvalue weighted by Crippen LogP contribution is -2.57. The van der Waals surface area contributed by atoms with Gasteiger partial charge >= 0.3 is 0 Å².